The molecule has 0 aliphatic carbocycles. The Balaban J connectivity index is 1.91. The van der Waals surface area contributed by atoms with Crippen molar-refractivity contribution in [2.75, 3.05) is 26.2 Å². The summed E-state index contributed by atoms with van der Waals surface area (Å²) in [5.41, 5.74) is 4.95. The first-order chi connectivity index (χ1) is 9.92. The number of hydrogen-bond acceptors (Lipinski definition) is 5. The first-order valence-corrected chi connectivity index (χ1v) is 6.39. The van der Waals surface area contributed by atoms with Crippen LogP contribution in [0.3, 0.4) is 0 Å². The molecule has 2 heterocycles. The van der Waals surface area contributed by atoms with Gasteiger partial charge in [-0.15, -0.1) is 5.10 Å². The lowest BCUT2D eigenvalue weighted by Gasteiger charge is -2.41. The van der Waals surface area contributed by atoms with Gasteiger partial charge in [-0.25, -0.2) is 14.3 Å². The molecule has 0 radical (unpaired) electrons. The molecule has 2 rings (SSSR count). The molecule has 3 amide bonds. The van der Waals surface area contributed by atoms with Crippen LogP contribution in [0.2, 0.25) is 0 Å². The molecule has 0 aromatic carbocycles. The van der Waals surface area contributed by atoms with E-state index in [-0.39, 0.29) is 24.3 Å². The van der Waals surface area contributed by atoms with Crippen LogP contribution in [-0.2, 0) is 4.79 Å². The van der Waals surface area contributed by atoms with Gasteiger partial charge >= 0.3 is 12.0 Å². The predicted octanol–water partition coefficient (Wildman–Crippen LogP) is -1.24. The van der Waals surface area contributed by atoms with Gasteiger partial charge in [0.05, 0.1) is 12.2 Å². The summed E-state index contributed by atoms with van der Waals surface area (Å²) < 4.78 is 1.43. The number of carboxylic acids is 1. The SMILES string of the molecule is CCN(CC(N)=O)C(=O)N1CC(n2cc(C(=O)O)nn2)C1. The van der Waals surface area contributed by atoms with Gasteiger partial charge in [-0.05, 0) is 6.92 Å². The summed E-state index contributed by atoms with van der Waals surface area (Å²) in [5.74, 6) is -1.71. The fraction of sp³-hybridized carbons (Fsp3) is 0.545. The molecule has 0 atom stereocenters. The second-order valence-corrected chi connectivity index (χ2v) is 4.71. The average Bonchev–Trinajstić information content (AvgIpc) is 2.83. The molecule has 1 aliphatic rings. The number of amides is 3. The molecule has 0 saturated carbocycles. The summed E-state index contributed by atoms with van der Waals surface area (Å²) >= 11 is 0. The van der Waals surface area contributed by atoms with E-state index < -0.39 is 11.9 Å². The number of rotatable bonds is 5. The van der Waals surface area contributed by atoms with E-state index in [1.807, 2.05) is 0 Å². The molecule has 1 aromatic rings. The fourth-order valence-electron chi connectivity index (χ4n) is 2.03. The molecule has 21 heavy (non-hydrogen) atoms. The lowest BCUT2D eigenvalue weighted by atomic mass is 10.1. The van der Waals surface area contributed by atoms with Crippen molar-refractivity contribution in [3.05, 3.63) is 11.9 Å². The number of primary amides is 1. The molecular formula is C11H16N6O4. The zero-order valence-electron chi connectivity index (χ0n) is 11.5. The van der Waals surface area contributed by atoms with Crippen molar-refractivity contribution in [3.8, 4) is 0 Å². The maximum Gasteiger partial charge on any atom is 0.358 e. The average molecular weight is 296 g/mol. The first-order valence-electron chi connectivity index (χ1n) is 6.39. The summed E-state index contributed by atoms with van der Waals surface area (Å²) in [4.78, 5) is 36.6. The standard InChI is InChI=1S/C11H16N6O4/c1-2-15(6-9(12)18)11(21)16-3-7(4-16)17-5-8(10(19)20)13-14-17/h5,7H,2-4,6H2,1H3,(H2,12,18)(H,19,20). The van der Waals surface area contributed by atoms with E-state index in [0.717, 1.165) is 0 Å². The largest absolute Gasteiger partial charge is 0.476 e. The van der Waals surface area contributed by atoms with Crippen molar-refractivity contribution < 1.29 is 19.5 Å². The van der Waals surface area contributed by atoms with Gasteiger partial charge in [0.15, 0.2) is 5.69 Å². The summed E-state index contributed by atoms with van der Waals surface area (Å²) in [6, 6.07) is -0.382. The van der Waals surface area contributed by atoms with Crippen LogP contribution in [0.4, 0.5) is 4.79 Å². The third-order valence-corrected chi connectivity index (χ3v) is 3.24. The van der Waals surface area contributed by atoms with Gasteiger partial charge in [-0.1, -0.05) is 5.21 Å². The minimum absolute atomic E-state index is 0.109. The molecule has 10 heteroatoms. The number of nitrogens with zero attached hydrogens (tertiary/aromatic N) is 5. The highest BCUT2D eigenvalue weighted by Gasteiger charge is 2.35. The number of carbonyl (C=O) groups is 3. The van der Waals surface area contributed by atoms with Gasteiger partial charge in [0.1, 0.15) is 6.54 Å². The molecule has 10 nitrogen and oxygen atoms in total. The van der Waals surface area contributed by atoms with E-state index in [1.165, 1.54) is 15.8 Å². The van der Waals surface area contributed by atoms with Crippen molar-refractivity contribution in [1.82, 2.24) is 24.8 Å². The Morgan fingerprint density at radius 3 is 2.62 bits per heavy atom. The number of aromatic nitrogens is 3. The van der Waals surface area contributed by atoms with Gasteiger partial charge in [0.25, 0.3) is 0 Å². The van der Waals surface area contributed by atoms with Gasteiger partial charge in [-0.3, -0.25) is 4.79 Å². The van der Waals surface area contributed by atoms with Crippen LogP contribution in [0, 0.1) is 0 Å². The normalized spacial score (nSPS) is 14.6. The number of urea groups is 1. The predicted molar refractivity (Wildman–Crippen MR) is 69.4 cm³/mol. The number of likely N-dealkylation sites (tertiary alicyclic amines) is 1. The molecule has 1 aliphatic heterocycles. The van der Waals surface area contributed by atoms with E-state index in [9.17, 15) is 14.4 Å². The van der Waals surface area contributed by atoms with Gasteiger partial charge in [0, 0.05) is 19.6 Å². The Morgan fingerprint density at radius 1 is 1.48 bits per heavy atom. The van der Waals surface area contributed by atoms with Crippen LogP contribution in [0.25, 0.3) is 0 Å². The fourth-order valence-corrected chi connectivity index (χ4v) is 2.03. The highest BCUT2D eigenvalue weighted by Crippen LogP contribution is 2.21. The van der Waals surface area contributed by atoms with E-state index in [0.29, 0.717) is 19.6 Å². The molecule has 1 aromatic heterocycles. The maximum absolute atomic E-state index is 12.1. The van der Waals surface area contributed by atoms with Crippen molar-refractivity contribution in [3.63, 3.8) is 0 Å². The molecule has 0 spiro atoms. The summed E-state index contributed by atoms with van der Waals surface area (Å²) in [6.07, 6.45) is 1.33. The lowest BCUT2D eigenvalue weighted by Crippen LogP contribution is -2.56. The highest BCUT2D eigenvalue weighted by molar-refractivity contribution is 5.85. The van der Waals surface area contributed by atoms with Crippen LogP contribution < -0.4 is 5.73 Å². The lowest BCUT2D eigenvalue weighted by molar-refractivity contribution is -0.118. The van der Waals surface area contributed by atoms with Crippen LogP contribution >= 0.6 is 0 Å². The van der Waals surface area contributed by atoms with Crippen molar-refractivity contribution in [2.45, 2.75) is 13.0 Å². The Morgan fingerprint density at radius 2 is 2.14 bits per heavy atom. The summed E-state index contributed by atoms with van der Waals surface area (Å²) in [5, 5.41) is 16.0. The van der Waals surface area contributed by atoms with Crippen LogP contribution in [0.1, 0.15) is 23.5 Å². The number of aromatic carboxylic acids is 1. The Labute approximate surface area is 120 Å². The van der Waals surface area contributed by atoms with Gasteiger partial charge in [-0.2, -0.15) is 0 Å². The monoisotopic (exact) mass is 296 g/mol. The Kier molecular flexibility index (Phi) is 4.05. The van der Waals surface area contributed by atoms with Crippen molar-refractivity contribution in [1.29, 1.82) is 0 Å². The molecule has 0 bridgehead atoms. The third-order valence-electron chi connectivity index (χ3n) is 3.24. The quantitative estimate of drug-likeness (QED) is 0.697. The first kappa shape index (κ1) is 14.8. The van der Waals surface area contributed by atoms with E-state index in [2.05, 4.69) is 10.3 Å². The van der Waals surface area contributed by atoms with E-state index in [1.54, 1.807) is 11.8 Å². The van der Waals surface area contributed by atoms with E-state index in [4.69, 9.17) is 10.8 Å². The molecule has 1 fully saturated rings. The minimum atomic E-state index is -1.15. The molecule has 114 valence electrons. The molecule has 1 saturated heterocycles. The van der Waals surface area contributed by atoms with E-state index >= 15 is 0 Å². The van der Waals surface area contributed by atoms with Crippen molar-refractivity contribution >= 4 is 17.9 Å². The Hall–Kier alpha value is -2.65. The summed E-state index contributed by atoms with van der Waals surface area (Å²) in [6.45, 7) is 2.79. The second kappa shape index (κ2) is 5.77. The van der Waals surface area contributed by atoms with Crippen LogP contribution in [0.15, 0.2) is 6.20 Å². The smallest absolute Gasteiger partial charge is 0.358 e. The number of likely N-dealkylation sites (N-methyl/N-ethyl adjacent to an activating group) is 1. The number of carboxylic acid groups (broad SMARTS) is 1. The zero-order valence-corrected chi connectivity index (χ0v) is 11.5. The number of carbonyl (C=O) groups excluding carboxylic acids is 2. The molecule has 3 N–H and O–H groups in total. The topological polar surface area (TPSA) is 135 Å². The number of hydrogen-bond donors (Lipinski definition) is 2. The van der Waals surface area contributed by atoms with Gasteiger partial charge < -0.3 is 20.6 Å². The third kappa shape index (κ3) is 3.09. The Bertz CT molecular complexity index is 565. The summed E-state index contributed by atoms with van der Waals surface area (Å²) in [7, 11) is 0. The van der Waals surface area contributed by atoms with Crippen molar-refractivity contribution in [2.24, 2.45) is 5.73 Å². The number of nitrogens with two attached hydrogens (primary N) is 1. The maximum atomic E-state index is 12.1. The highest BCUT2D eigenvalue weighted by atomic mass is 16.4. The zero-order chi connectivity index (χ0) is 15.6. The second-order valence-electron chi connectivity index (χ2n) is 4.71. The van der Waals surface area contributed by atoms with Gasteiger partial charge in [0.2, 0.25) is 5.91 Å². The molecule has 0 unspecified atom stereocenters. The van der Waals surface area contributed by atoms with Crippen LogP contribution in [0.5, 0.6) is 0 Å². The molecular weight excluding hydrogens is 280 g/mol. The van der Waals surface area contributed by atoms with Crippen LogP contribution in [-0.4, -0.2) is 74.0 Å². The minimum Gasteiger partial charge on any atom is -0.476 e.